The van der Waals surface area contributed by atoms with Gasteiger partial charge >= 0.3 is 0 Å². The molecule has 2 aromatic rings. The highest BCUT2D eigenvalue weighted by Crippen LogP contribution is 2.30. The lowest BCUT2D eigenvalue weighted by Gasteiger charge is -2.09. The van der Waals surface area contributed by atoms with Gasteiger partial charge in [0.1, 0.15) is 5.75 Å². The highest BCUT2D eigenvalue weighted by Gasteiger charge is 2.14. The maximum absolute atomic E-state index is 12.1. The summed E-state index contributed by atoms with van der Waals surface area (Å²) in [6.45, 7) is 0. The number of carbonyl (C=O) groups excluding carboxylic acids is 1. The zero-order valence-electron chi connectivity index (χ0n) is 9.45. The number of benzene rings is 2. The summed E-state index contributed by atoms with van der Waals surface area (Å²) in [6.07, 6.45) is 0. The summed E-state index contributed by atoms with van der Waals surface area (Å²) in [4.78, 5) is 12.1. The first-order valence-electron chi connectivity index (χ1n) is 5.23. The van der Waals surface area contributed by atoms with Crippen molar-refractivity contribution in [2.24, 2.45) is 0 Å². The van der Waals surface area contributed by atoms with Crippen LogP contribution in [0.5, 0.6) is 5.75 Å². The molecule has 2 rings (SSSR count). The summed E-state index contributed by atoms with van der Waals surface area (Å²) in [5.41, 5.74) is 0.584. The van der Waals surface area contributed by atoms with E-state index in [-0.39, 0.29) is 16.3 Å². The number of hydrogen-bond acceptors (Lipinski definition) is 2. The summed E-state index contributed by atoms with van der Waals surface area (Å²) in [6, 6.07) is 9.71. The third-order valence-corrected chi connectivity index (χ3v) is 3.89. The normalized spacial score (nSPS) is 10.3. The molecule has 98 valence electrons. The van der Waals surface area contributed by atoms with Crippen molar-refractivity contribution in [2.75, 3.05) is 5.32 Å². The third kappa shape index (κ3) is 3.32. The Hall–Kier alpha value is -0.980. The van der Waals surface area contributed by atoms with Crippen molar-refractivity contribution in [1.29, 1.82) is 0 Å². The second-order valence-corrected chi connectivity index (χ2v) is 5.75. The molecule has 0 saturated carbocycles. The molecule has 2 aromatic carbocycles. The molecule has 0 fully saturated rings. The first-order valence-corrected chi connectivity index (χ1v) is 7.06. The van der Waals surface area contributed by atoms with Crippen molar-refractivity contribution in [2.45, 2.75) is 0 Å². The Labute approximate surface area is 133 Å². The van der Waals surface area contributed by atoms with Crippen LogP contribution in [0, 0.1) is 3.57 Å². The van der Waals surface area contributed by atoms with Crippen LogP contribution in [0.15, 0.2) is 36.4 Å². The van der Waals surface area contributed by atoms with Crippen LogP contribution in [-0.4, -0.2) is 11.0 Å². The fourth-order valence-corrected chi connectivity index (χ4v) is 2.32. The van der Waals surface area contributed by atoms with Crippen molar-refractivity contribution < 1.29 is 9.90 Å². The topological polar surface area (TPSA) is 49.3 Å². The number of nitrogens with one attached hydrogen (secondary N) is 1. The number of amides is 1. The molecule has 0 saturated heterocycles. The second kappa shape index (κ2) is 5.98. The van der Waals surface area contributed by atoms with Crippen molar-refractivity contribution in [3.63, 3.8) is 0 Å². The molecule has 0 unspecified atom stereocenters. The van der Waals surface area contributed by atoms with Crippen molar-refractivity contribution in [3.8, 4) is 5.75 Å². The van der Waals surface area contributed by atoms with Gasteiger partial charge in [-0.05, 0) is 52.9 Å². The lowest BCUT2D eigenvalue weighted by molar-refractivity contribution is 0.102. The van der Waals surface area contributed by atoms with Gasteiger partial charge in [0.05, 0.1) is 21.3 Å². The third-order valence-electron chi connectivity index (χ3n) is 2.40. The fraction of sp³-hybridized carbons (Fsp3) is 0. The van der Waals surface area contributed by atoms with E-state index >= 15 is 0 Å². The molecule has 0 spiro atoms. The molecular weight excluding hydrogens is 400 g/mol. The smallest absolute Gasteiger partial charge is 0.259 e. The van der Waals surface area contributed by atoms with Gasteiger partial charge in [0.15, 0.2) is 0 Å². The van der Waals surface area contributed by atoms with Crippen LogP contribution in [0.1, 0.15) is 10.4 Å². The van der Waals surface area contributed by atoms with Gasteiger partial charge in [-0.1, -0.05) is 29.3 Å². The highest BCUT2D eigenvalue weighted by atomic mass is 127. The first kappa shape index (κ1) is 14.4. The molecule has 0 bridgehead atoms. The number of hydrogen-bond donors (Lipinski definition) is 2. The van der Waals surface area contributed by atoms with Crippen molar-refractivity contribution >= 4 is 57.4 Å². The molecule has 0 aliphatic heterocycles. The summed E-state index contributed by atoms with van der Waals surface area (Å²) in [5.74, 6) is -0.531. The zero-order chi connectivity index (χ0) is 14.0. The van der Waals surface area contributed by atoms with Gasteiger partial charge in [-0.2, -0.15) is 0 Å². The largest absolute Gasteiger partial charge is 0.507 e. The van der Waals surface area contributed by atoms with Gasteiger partial charge in [-0.3, -0.25) is 4.79 Å². The maximum Gasteiger partial charge on any atom is 0.259 e. The van der Waals surface area contributed by atoms with Crippen LogP contribution in [0.25, 0.3) is 0 Å². The van der Waals surface area contributed by atoms with E-state index in [1.54, 1.807) is 30.3 Å². The van der Waals surface area contributed by atoms with Crippen LogP contribution in [-0.2, 0) is 0 Å². The summed E-state index contributed by atoms with van der Waals surface area (Å²) in [5, 5.41) is 12.9. The van der Waals surface area contributed by atoms with E-state index in [2.05, 4.69) is 27.9 Å². The van der Waals surface area contributed by atoms with Gasteiger partial charge in [-0.25, -0.2) is 0 Å². The van der Waals surface area contributed by atoms with E-state index in [4.69, 9.17) is 23.2 Å². The van der Waals surface area contributed by atoms with Crippen molar-refractivity contribution in [1.82, 2.24) is 0 Å². The monoisotopic (exact) mass is 407 g/mol. The predicted molar refractivity (Wildman–Crippen MR) is 85.2 cm³/mol. The molecule has 2 N–H and O–H groups in total. The molecule has 0 aromatic heterocycles. The molecule has 1 amide bonds. The Balaban J connectivity index is 2.31. The fourth-order valence-electron chi connectivity index (χ4n) is 1.48. The lowest BCUT2D eigenvalue weighted by atomic mass is 10.2. The number of halogens is 3. The Morgan fingerprint density at radius 2 is 1.95 bits per heavy atom. The molecule has 0 aliphatic carbocycles. The van der Waals surface area contributed by atoms with Gasteiger partial charge in [-0.15, -0.1) is 0 Å². The van der Waals surface area contributed by atoms with E-state index in [0.29, 0.717) is 10.7 Å². The van der Waals surface area contributed by atoms with Gasteiger partial charge in [0.25, 0.3) is 5.91 Å². The van der Waals surface area contributed by atoms with Gasteiger partial charge < -0.3 is 10.4 Å². The number of phenols is 1. The van der Waals surface area contributed by atoms with Crippen molar-refractivity contribution in [3.05, 3.63) is 55.6 Å². The zero-order valence-corrected chi connectivity index (χ0v) is 13.1. The molecule has 19 heavy (non-hydrogen) atoms. The Bertz CT molecular complexity index is 647. The standard InChI is InChI=1S/C13H8Cl2INO2/c14-9-2-1-3-10(12(9)15)17-13(19)8-6-7(16)4-5-11(8)18/h1-6,18H,(H,17,19). The molecule has 3 nitrogen and oxygen atoms in total. The molecule has 6 heteroatoms. The summed E-state index contributed by atoms with van der Waals surface area (Å²) >= 11 is 13.9. The second-order valence-electron chi connectivity index (χ2n) is 3.72. The maximum atomic E-state index is 12.1. The number of aromatic hydroxyl groups is 1. The Morgan fingerprint density at radius 3 is 2.68 bits per heavy atom. The van der Waals surface area contributed by atoms with Crippen LogP contribution in [0.4, 0.5) is 5.69 Å². The summed E-state index contributed by atoms with van der Waals surface area (Å²) in [7, 11) is 0. The van der Waals surface area contributed by atoms with Crippen LogP contribution < -0.4 is 5.32 Å². The molecular formula is C13H8Cl2INO2. The molecule has 0 radical (unpaired) electrons. The number of rotatable bonds is 2. The quantitative estimate of drug-likeness (QED) is 0.717. The number of phenolic OH excluding ortho intramolecular Hbond substituents is 1. The van der Waals surface area contributed by atoms with E-state index in [0.717, 1.165) is 3.57 Å². The molecule has 0 heterocycles. The van der Waals surface area contributed by atoms with Gasteiger partial charge in [0, 0.05) is 3.57 Å². The molecule has 0 atom stereocenters. The molecule has 0 aliphatic rings. The van der Waals surface area contributed by atoms with Crippen LogP contribution in [0.3, 0.4) is 0 Å². The lowest BCUT2D eigenvalue weighted by Crippen LogP contribution is -2.12. The number of carbonyl (C=O) groups is 1. The van der Waals surface area contributed by atoms with E-state index in [1.165, 1.54) is 6.07 Å². The summed E-state index contributed by atoms with van der Waals surface area (Å²) < 4.78 is 0.845. The van der Waals surface area contributed by atoms with Gasteiger partial charge in [0.2, 0.25) is 0 Å². The highest BCUT2D eigenvalue weighted by molar-refractivity contribution is 14.1. The minimum absolute atomic E-state index is 0.0870. The Kier molecular flexibility index (Phi) is 4.54. The minimum Gasteiger partial charge on any atom is -0.507 e. The van der Waals surface area contributed by atoms with Crippen LogP contribution in [0.2, 0.25) is 10.0 Å². The minimum atomic E-state index is -0.444. The average molecular weight is 408 g/mol. The van der Waals surface area contributed by atoms with E-state index in [1.807, 2.05) is 0 Å². The van der Waals surface area contributed by atoms with Crippen LogP contribution >= 0.6 is 45.8 Å². The SMILES string of the molecule is O=C(Nc1cccc(Cl)c1Cl)c1cc(I)ccc1O. The Morgan fingerprint density at radius 1 is 1.21 bits per heavy atom. The number of anilines is 1. The predicted octanol–water partition coefficient (Wildman–Crippen LogP) is 4.56. The van der Waals surface area contributed by atoms with E-state index < -0.39 is 5.91 Å². The van der Waals surface area contributed by atoms with E-state index in [9.17, 15) is 9.90 Å². The average Bonchev–Trinajstić information content (AvgIpc) is 2.38. The first-order chi connectivity index (χ1) is 8.99.